The Morgan fingerprint density at radius 2 is 2.00 bits per heavy atom. The molecule has 3 N–H and O–H groups in total. The summed E-state index contributed by atoms with van der Waals surface area (Å²) in [7, 11) is -3.75. The lowest BCUT2D eigenvalue weighted by molar-refractivity contribution is -0.114. The highest BCUT2D eigenvalue weighted by molar-refractivity contribution is 7.91. The highest BCUT2D eigenvalue weighted by Crippen LogP contribution is 2.25. The molecule has 0 radical (unpaired) electrons. The number of nitrogens with one attached hydrogen (secondary N) is 1. The molecule has 1 rings (SSSR count). The number of sulfonamides is 1. The first-order chi connectivity index (χ1) is 9.86. The van der Waals surface area contributed by atoms with Crippen molar-refractivity contribution in [2.45, 2.75) is 44.0 Å². The lowest BCUT2D eigenvalue weighted by atomic mass is 10.2. The Morgan fingerprint density at radius 1 is 1.38 bits per heavy atom. The van der Waals surface area contributed by atoms with Crippen molar-refractivity contribution in [3.05, 3.63) is 0 Å². The van der Waals surface area contributed by atoms with E-state index in [1.54, 1.807) is 0 Å². The van der Waals surface area contributed by atoms with E-state index in [9.17, 15) is 13.2 Å². The van der Waals surface area contributed by atoms with Gasteiger partial charge in [0.15, 0.2) is 0 Å². The molecule has 1 aromatic rings. The predicted molar refractivity (Wildman–Crippen MR) is 81.5 cm³/mol. The fraction of sp³-hybridized carbons (Fsp3) is 0.727. The summed E-state index contributed by atoms with van der Waals surface area (Å²) in [6, 6.07) is -0.133. The van der Waals surface area contributed by atoms with Crippen molar-refractivity contribution >= 4 is 32.4 Å². The third-order valence-electron chi connectivity index (χ3n) is 2.92. The van der Waals surface area contributed by atoms with Crippen molar-refractivity contribution in [1.29, 1.82) is 0 Å². The summed E-state index contributed by atoms with van der Waals surface area (Å²) in [5, 5.41) is 9.94. The quantitative estimate of drug-likeness (QED) is 0.673. The van der Waals surface area contributed by atoms with Gasteiger partial charge in [-0.05, 0) is 12.8 Å². The zero-order valence-electron chi connectivity index (χ0n) is 12.4. The van der Waals surface area contributed by atoms with Crippen LogP contribution in [-0.4, -0.2) is 48.0 Å². The molecule has 0 saturated carbocycles. The molecule has 1 aromatic heterocycles. The molecular weight excluding hydrogens is 314 g/mol. The number of hydrogen-bond acceptors (Lipinski definition) is 7. The van der Waals surface area contributed by atoms with Crippen LogP contribution in [0.3, 0.4) is 0 Å². The summed E-state index contributed by atoms with van der Waals surface area (Å²) in [6.45, 7) is 5.63. The first kappa shape index (κ1) is 18.0. The van der Waals surface area contributed by atoms with E-state index in [1.165, 1.54) is 11.2 Å². The molecule has 0 aromatic carbocycles. The van der Waals surface area contributed by atoms with Gasteiger partial charge in [-0.15, -0.1) is 10.2 Å². The third kappa shape index (κ3) is 4.43. The third-order valence-corrected chi connectivity index (χ3v) is 6.05. The molecule has 21 heavy (non-hydrogen) atoms. The lowest BCUT2D eigenvalue weighted by Crippen LogP contribution is -2.42. The molecule has 0 atom stereocenters. The zero-order valence-corrected chi connectivity index (χ0v) is 14.0. The van der Waals surface area contributed by atoms with E-state index in [-0.39, 0.29) is 34.5 Å². The monoisotopic (exact) mass is 335 g/mol. The predicted octanol–water partition coefficient (Wildman–Crippen LogP) is 0.635. The second-order valence-corrected chi connectivity index (χ2v) is 7.47. The van der Waals surface area contributed by atoms with E-state index < -0.39 is 10.0 Å². The Kier molecular flexibility index (Phi) is 6.65. The summed E-state index contributed by atoms with van der Waals surface area (Å²) in [5.74, 6) is -0.325. The van der Waals surface area contributed by atoms with Crippen molar-refractivity contribution in [2.24, 2.45) is 5.73 Å². The Morgan fingerprint density at radius 3 is 2.48 bits per heavy atom. The number of amides is 1. The molecule has 1 amide bonds. The first-order valence-corrected chi connectivity index (χ1v) is 8.95. The molecule has 0 aliphatic carbocycles. The van der Waals surface area contributed by atoms with Gasteiger partial charge in [0.2, 0.25) is 15.4 Å². The Balaban J connectivity index is 3.10. The topological polar surface area (TPSA) is 118 Å². The van der Waals surface area contributed by atoms with Crippen LogP contribution in [0.4, 0.5) is 5.13 Å². The van der Waals surface area contributed by atoms with Crippen LogP contribution in [0.2, 0.25) is 0 Å². The summed E-state index contributed by atoms with van der Waals surface area (Å²) in [6.07, 6.45) is 1.38. The molecule has 0 saturated heterocycles. The van der Waals surface area contributed by atoms with Gasteiger partial charge in [-0.1, -0.05) is 25.2 Å². The van der Waals surface area contributed by atoms with Crippen LogP contribution in [-0.2, 0) is 14.8 Å². The Labute approximate surface area is 128 Å². The van der Waals surface area contributed by atoms with Crippen molar-refractivity contribution in [3.8, 4) is 0 Å². The molecule has 10 heteroatoms. The maximum Gasteiger partial charge on any atom is 0.272 e. The van der Waals surface area contributed by atoms with Crippen LogP contribution in [0, 0.1) is 0 Å². The average Bonchev–Trinajstić information content (AvgIpc) is 2.87. The van der Waals surface area contributed by atoms with Crippen LogP contribution in [0.5, 0.6) is 0 Å². The van der Waals surface area contributed by atoms with Gasteiger partial charge in [0.05, 0.1) is 0 Å². The highest BCUT2D eigenvalue weighted by atomic mass is 32.2. The van der Waals surface area contributed by atoms with Crippen molar-refractivity contribution in [2.75, 3.05) is 18.4 Å². The van der Waals surface area contributed by atoms with Crippen LogP contribution in [0.1, 0.15) is 33.6 Å². The summed E-state index contributed by atoms with van der Waals surface area (Å²) in [4.78, 5) is 11.0. The summed E-state index contributed by atoms with van der Waals surface area (Å²) in [5.41, 5.74) is 5.53. The minimum atomic E-state index is -3.75. The molecule has 8 nitrogen and oxygen atoms in total. The molecule has 0 unspecified atom stereocenters. The van der Waals surface area contributed by atoms with Gasteiger partial charge in [0.1, 0.15) is 0 Å². The van der Waals surface area contributed by atoms with E-state index >= 15 is 0 Å². The highest BCUT2D eigenvalue weighted by Gasteiger charge is 2.32. The standard InChI is InChI=1S/C11H21N5O3S2/c1-4-9(5-2)16(7-6-12)21(18,19)11-15-14-10(20-11)13-8(3)17/h9H,4-7,12H2,1-3H3,(H,13,14,17). The maximum absolute atomic E-state index is 12.6. The molecule has 0 spiro atoms. The number of aromatic nitrogens is 2. The Hall–Kier alpha value is -1.10. The van der Waals surface area contributed by atoms with Gasteiger partial charge < -0.3 is 11.1 Å². The van der Waals surface area contributed by atoms with Gasteiger partial charge in [-0.3, -0.25) is 4.79 Å². The Bertz CT molecular complexity index is 568. The fourth-order valence-electron chi connectivity index (χ4n) is 1.94. The van der Waals surface area contributed by atoms with Gasteiger partial charge in [-0.2, -0.15) is 4.31 Å². The molecule has 120 valence electrons. The summed E-state index contributed by atoms with van der Waals surface area (Å²) < 4.78 is 26.5. The number of carbonyl (C=O) groups is 1. The van der Waals surface area contributed by atoms with E-state index in [2.05, 4.69) is 15.5 Å². The minimum absolute atomic E-state index is 0.133. The van der Waals surface area contributed by atoms with Crippen LogP contribution < -0.4 is 11.1 Å². The lowest BCUT2D eigenvalue weighted by Gasteiger charge is -2.27. The molecule has 0 aliphatic heterocycles. The number of anilines is 1. The SMILES string of the molecule is CCC(CC)N(CCN)S(=O)(=O)c1nnc(NC(C)=O)s1. The van der Waals surface area contributed by atoms with Gasteiger partial charge in [0, 0.05) is 26.1 Å². The van der Waals surface area contributed by atoms with Crippen LogP contribution >= 0.6 is 11.3 Å². The average molecular weight is 335 g/mol. The van der Waals surface area contributed by atoms with Gasteiger partial charge >= 0.3 is 0 Å². The largest absolute Gasteiger partial charge is 0.329 e. The molecule has 1 heterocycles. The van der Waals surface area contributed by atoms with Crippen molar-refractivity contribution in [3.63, 3.8) is 0 Å². The smallest absolute Gasteiger partial charge is 0.272 e. The van der Waals surface area contributed by atoms with Crippen LogP contribution in [0.15, 0.2) is 4.34 Å². The number of nitrogens with two attached hydrogens (primary N) is 1. The van der Waals surface area contributed by atoms with Crippen LogP contribution in [0.25, 0.3) is 0 Å². The number of nitrogens with zero attached hydrogens (tertiary/aromatic N) is 3. The van der Waals surface area contributed by atoms with Gasteiger partial charge in [0.25, 0.3) is 10.0 Å². The molecular formula is C11H21N5O3S2. The molecule has 0 bridgehead atoms. The first-order valence-electron chi connectivity index (χ1n) is 6.69. The van der Waals surface area contributed by atoms with E-state index in [1.807, 2.05) is 13.8 Å². The normalized spacial score (nSPS) is 12.1. The molecule has 0 aliphatic rings. The second-order valence-electron chi connectivity index (χ2n) is 4.43. The fourth-order valence-corrected chi connectivity index (χ4v) is 4.79. The van der Waals surface area contributed by atoms with Crippen molar-refractivity contribution < 1.29 is 13.2 Å². The molecule has 0 fully saturated rings. The minimum Gasteiger partial charge on any atom is -0.329 e. The van der Waals surface area contributed by atoms with E-state index in [0.29, 0.717) is 12.8 Å². The zero-order chi connectivity index (χ0) is 16.0. The van der Waals surface area contributed by atoms with E-state index in [0.717, 1.165) is 11.3 Å². The number of hydrogen-bond donors (Lipinski definition) is 2. The van der Waals surface area contributed by atoms with E-state index in [4.69, 9.17) is 5.73 Å². The van der Waals surface area contributed by atoms with Gasteiger partial charge in [-0.25, -0.2) is 8.42 Å². The second kappa shape index (κ2) is 7.78. The number of carbonyl (C=O) groups excluding carboxylic acids is 1. The summed E-state index contributed by atoms with van der Waals surface area (Å²) >= 11 is 0.836. The number of rotatable bonds is 8. The maximum atomic E-state index is 12.6. The van der Waals surface area contributed by atoms with Crippen molar-refractivity contribution in [1.82, 2.24) is 14.5 Å².